The summed E-state index contributed by atoms with van der Waals surface area (Å²) in [5.41, 5.74) is 7.05. The zero-order valence-electron chi connectivity index (χ0n) is 9.81. The van der Waals surface area contributed by atoms with E-state index in [0.29, 0.717) is 5.95 Å². The Bertz CT molecular complexity index is 532. The zero-order chi connectivity index (χ0) is 12.3. The number of hydrogen-bond acceptors (Lipinski definition) is 3. The molecule has 0 bridgehead atoms. The van der Waals surface area contributed by atoms with Gasteiger partial charge in [0.15, 0.2) is 0 Å². The number of para-hydroxylation sites is 2. The first-order valence-corrected chi connectivity index (χ1v) is 5.70. The molecule has 0 saturated heterocycles. The second-order valence-corrected chi connectivity index (χ2v) is 3.90. The number of amides is 1. The van der Waals surface area contributed by atoms with Gasteiger partial charge in [-0.25, -0.2) is 4.98 Å². The second-order valence-electron chi connectivity index (χ2n) is 3.90. The third kappa shape index (κ3) is 2.38. The van der Waals surface area contributed by atoms with E-state index in [1.165, 1.54) is 0 Å². The Labute approximate surface area is 99.6 Å². The molecule has 0 aliphatic carbocycles. The third-order valence-corrected chi connectivity index (χ3v) is 2.50. The Hall–Kier alpha value is -2.04. The van der Waals surface area contributed by atoms with Crippen LogP contribution in [0.2, 0.25) is 0 Å². The number of nitrogens with one attached hydrogen (secondary N) is 1. The number of fused-ring (bicyclic) bond motifs is 1. The maximum Gasteiger partial charge on any atom is 0.237 e. The molecular formula is C12H16N4O. The highest BCUT2D eigenvalue weighted by molar-refractivity contribution is 5.82. The largest absolute Gasteiger partial charge is 0.368 e. The molecular weight excluding hydrogens is 216 g/mol. The Morgan fingerprint density at radius 3 is 2.94 bits per heavy atom. The van der Waals surface area contributed by atoms with Crippen molar-refractivity contribution in [2.75, 3.05) is 11.9 Å². The lowest BCUT2D eigenvalue weighted by Crippen LogP contribution is -2.20. The Morgan fingerprint density at radius 1 is 1.47 bits per heavy atom. The van der Waals surface area contributed by atoms with Gasteiger partial charge in [0.2, 0.25) is 11.9 Å². The summed E-state index contributed by atoms with van der Waals surface area (Å²) in [6.45, 7) is 3.04. The van der Waals surface area contributed by atoms with Crippen molar-refractivity contribution in [3.63, 3.8) is 0 Å². The van der Waals surface area contributed by atoms with Crippen LogP contribution in [0.25, 0.3) is 11.0 Å². The summed E-state index contributed by atoms with van der Waals surface area (Å²) in [6.07, 6.45) is 1.000. The third-order valence-electron chi connectivity index (χ3n) is 2.50. The van der Waals surface area contributed by atoms with E-state index in [9.17, 15) is 4.79 Å². The first kappa shape index (κ1) is 11.4. The van der Waals surface area contributed by atoms with Crippen molar-refractivity contribution >= 4 is 22.9 Å². The minimum absolute atomic E-state index is 0.145. The lowest BCUT2D eigenvalue weighted by molar-refractivity contribution is -0.118. The number of rotatable bonds is 5. The quantitative estimate of drug-likeness (QED) is 0.817. The predicted molar refractivity (Wildman–Crippen MR) is 67.7 cm³/mol. The fourth-order valence-electron chi connectivity index (χ4n) is 1.76. The van der Waals surface area contributed by atoms with Gasteiger partial charge in [-0.2, -0.15) is 0 Å². The van der Waals surface area contributed by atoms with Gasteiger partial charge in [-0.3, -0.25) is 4.79 Å². The molecule has 1 aromatic carbocycles. The number of anilines is 1. The number of primary amides is 1. The topological polar surface area (TPSA) is 72.9 Å². The van der Waals surface area contributed by atoms with Crippen LogP contribution in [0.1, 0.15) is 13.3 Å². The van der Waals surface area contributed by atoms with Crippen LogP contribution in [0.5, 0.6) is 0 Å². The highest BCUT2D eigenvalue weighted by Crippen LogP contribution is 2.19. The molecule has 0 spiro atoms. The van der Waals surface area contributed by atoms with Crippen molar-refractivity contribution in [3.05, 3.63) is 24.3 Å². The molecule has 5 heteroatoms. The lowest BCUT2D eigenvalue weighted by Gasteiger charge is -2.07. The molecule has 17 heavy (non-hydrogen) atoms. The summed E-state index contributed by atoms with van der Waals surface area (Å²) in [6, 6.07) is 7.70. The molecule has 0 fully saturated rings. The summed E-state index contributed by atoms with van der Waals surface area (Å²) in [4.78, 5) is 15.5. The Morgan fingerprint density at radius 2 is 2.24 bits per heavy atom. The molecule has 0 radical (unpaired) electrons. The van der Waals surface area contributed by atoms with Gasteiger partial charge >= 0.3 is 0 Å². The van der Waals surface area contributed by atoms with E-state index in [0.717, 1.165) is 24.0 Å². The highest BCUT2D eigenvalue weighted by Gasteiger charge is 2.11. The molecule has 1 aromatic heterocycles. The van der Waals surface area contributed by atoms with E-state index in [1.54, 1.807) is 0 Å². The molecule has 2 rings (SSSR count). The Kier molecular flexibility index (Phi) is 3.27. The van der Waals surface area contributed by atoms with Crippen LogP contribution in [0.4, 0.5) is 5.95 Å². The fraction of sp³-hybridized carbons (Fsp3) is 0.333. The van der Waals surface area contributed by atoms with E-state index >= 15 is 0 Å². The van der Waals surface area contributed by atoms with Gasteiger partial charge in [0.05, 0.1) is 11.0 Å². The number of hydrogen-bond donors (Lipinski definition) is 2. The number of carbonyl (C=O) groups is 1. The first-order valence-electron chi connectivity index (χ1n) is 5.70. The second kappa shape index (κ2) is 4.86. The number of carbonyl (C=O) groups excluding carboxylic acids is 1. The van der Waals surface area contributed by atoms with E-state index in [1.807, 2.05) is 28.8 Å². The van der Waals surface area contributed by atoms with E-state index in [4.69, 9.17) is 5.73 Å². The smallest absolute Gasteiger partial charge is 0.237 e. The molecule has 90 valence electrons. The number of benzene rings is 1. The number of nitrogens with zero attached hydrogens (tertiary/aromatic N) is 2. The van der Waals surface area contributed by atoms with Gasteiger partial charge in [-0.05, 0) is 18.6 Å². The number of aromatic nitrogens is 2. The van der Waals surface area contributed by atoms with E-state index < -0.39 is 0 Å². The van der Waals surface area contributed by atoms with E-state index in [2.05, 4.69) is 17.2 Å². The first-order chi connectivity index (χ1) is 8.22. The molecule has 0 aliphatic rings. The average Bonchev–Trinajstić information content (AvgIpc) is 2.64. The summed E-state index contributed by atoms with van der Waals surface area (Å²) < 4.78 is 1.81. The summed E-state index contributed by atoms with van der Waals surface area (Å²) in [7, 11) is 0. The van der Waals surface area contributed by atoms with E-state index in [-0.39, 0.29) is 12.5 Å². The molecule has 1 amide bonds. The highest BCUT2D eigenvalue weighted by atomic mass is 16.1. The maximum atomic E-state index is 11.1. The zero-order valence-corrected chi connectivity index (χ0v) is 9.81. The number of imidazole rings is 1. The van der Waals surface area contributed by atoms with Crippen molar-refractivity contribution < 1.29 is 4.79 Å². The summed E-state index contributed by atoms with van der Waals surface area (Å²) in [5, 5.41) is 3.20. The van der Waals surface area contributed by atoms with Crippen LogP contribution in [-0.2, 0) is 11.3 Å². The monoisotopic (exact) mass is 232 g/mol. The van der Waals surface area contributed by atoms with Crippen molar-refractivity contribution in [3.8, 4) is 0 Å². The van der Waals surface area contributed by atoms with Crippen LogP contribution in [0, 0.1) is 0 Å². The molecule has 5 nitrogen and oxygen atoms in total. The van der Waals surface area contributed by atoms with Crippen molar-refractivity contribution in [1.82, 2.24) is 9.55 Å². The van der Waals surface area contributed by atoms with Gasteiger partial charge in [0, 0.05) is 6.54 Å². The average molecular weight is 232 g/mol. The Balaban J connectivity index is 2.44. The summed E-state index contributed by atoms with van der Waals surface area (Å²) in [5.74, 6) is 0.333. The minimum Gasteiger partial charge on any atom is -0.368 e. The fourth-order valence-corrected chi connectivity index (χ4v) is 1.76. The SMILES string of the molecule is CCCNc1nc2ccccc2n1CC(N)=O. The van der Waals surface area contributed by atoms with Gasteiger partial charge in [0.1, 0.15) is 6.54 Å². The molecule has 0 aliphatic heterocycles. The standard InChI is InChI=1S/C12H16N4O/c1-2-7-14-12-15-9-5-3-4-6-10(9)16(12)8-11(13)17/h3-6H,2,7-8H2,1H3,(H2,13,17)(H,14,15). The van der Waals surface area contributed by atoms with Gasteiger partial charge in [-0.1, -0.05) is 19.1 Å². The van der Waals surface area contributed by atoms with Crippen LogP contribution in [0.15, 0.2) is 24.3 Å². The van der Waals surface area contributed by atoms with Crippen LogP contribution in [-0.4, -0.2) is 22.0 Å². The van der Waals surface area contributed by atoms with Crippen LogP contribution >= 0.6 is 0 Å². The molecule has 0 unspecified atom stereocenters. The maximum absolute atomic E-state index is 11.1. The molecule has 0 saturated carbocycles. The molecule has 0 atom stereocenters. The molecule has 3 N–H and O–H groups in total. The molecule has 1 heterocycles. The lowest BCUT2D eigenvalue weighted by atomic mass is 10.3. The summed E-state index contributed by atoms with van der Waals surface area (Å²) >= 11 is 0. The van der Waals surface area contributed by atoms with Gasteiger partial charge in [-0.15, -0.1) is 0 Å². The van der Waals surface area contributed by atoms with Crippen LogP contribution in [0.3, 0.4) is 0 Å². The van der Waals surface area contributed by atoms with Crippen molar-refractivity contribution in [1.29, 1.82) is 0 Å². The number of nitrogens with two attached hydrogens (primary N) is 1. The van der Waals surface area contributed by atoms with Crippen LogP contribution < -0.4 is 11.1 Å². The van der Waals surface area contributed by atoms with Gasteiger partial charge < -0.3 is 15.6 Å². The predicted octanol–water partition coefficient (Wildman–Crippen LogP) is 1.34. The normalized spacial score (nSPS) is 10.6. The van der Waals surface area contributed by atoms with Crippen molar-refractivity contribution in [2.45, 2.75) is 19.9 Å². The van der Waals surface area contributed by atoms with Gasteiger partial charge in [0.25, 0.3) is 0 Å². The van der Waals surface area contributed by atoms with Crippen molar-refractivity contribution in [2.24, 2.45) is 5.73 Å². The minimum atomic E-state index is -0.368. The molecule has 2 aromatic rings.